The summed E-state index contributed by atoms with van der Waals surface area (Å²) in [6, 6.07) is 1.96. The third-order valence-electron chi connectivity index (χ3n) is 8.01. The molecule has 0 bridgehead atoms. The van der Waals surface area contributed by atoms with Gasteiger partial charge in [-0.15, -0.1) is 11.3 Å². The first-order chi connectivity index (χ1) is 18.3. The van der Waals surface area contributed by atoms with Crippen LogP contribution in [0.3, 0.4) is 0 Å². The highest BCUT2D eigenvalue weighted by Crippen LogP contribution is 2.45. The first-order valence-corrected chi connectivity index (χ1v) is 16.3. The maximum atomic E-state index is 12.3. The third-order valence-corrected chi connectivity index (χ3v) is 10.9. The zero-order valence-corrected chi connectivity index (χ0v) is 24.8. The third kappa shape index (κ3) is 5.75. The average molecular weight is 575 g/mol. The summed E-state index contributed by atoms with van der Waals surface area (Å²) in [5, 5.41) is 29.9. The number of aliphatic hydroxyl groups is 2. The van der Waals surface area contributed by atoms with Crippen molar-refractivity contribution in [2.75, 3.05) is 22.1 Å². The molecule has 12 heteroatoms. The van der Waals surface area contributed by atoms with Crippen molar-refractivity contribution < 1.29 is 18.6 Å². The molecular formula is C27H38N6O4S2. The van der Waals surface area contributed by atoms with Crippen LogP contribution >= 0.6 is 11.3 Å². The Labute approximate surface area is 233 Å². The maximum absolute atomic E-state index is 12.3. The summed E-state index contributed by atoms with van der Waals surface area (Å²) in [6.07, 6.45) is 4.15. The summed E-state index contributed by atoms with van der Waals surface area (Å²) in [4.78, 5) is 19.1. The molecule has 5 rings (SSSR count). The van der Waals surface area contributed by atoms with Crippen LogP contribution < -0.4 is 10.6 Å². The Kier molecular flexibility index (Phi) is 7.36. The second kappa shape index (κ2) is 10.2. The van der Waals surface area contributed by atoms with Crippen molar-refractivity contribution in [1.29, 1.82) is 0 Å². The van der Waals surface area contributed by atoms with Crippen LogP contribution in [0.5, 0.6) is 0 Å². The van der Waals surface area contributed by atoms with Gasteiger partial charge in [-0.1, -0.05) is 13.8 Å². The average Bonchev–Trinajstić information content (AvgIpc) is 3.57. The first kappa shape index (κ1) is 28.1. The number of pyridine rings is 1. The number of nitrogens with zero attached hydrogens (tertiary/aromatic N) is 4. The maximum Gasteiger partial charge on any atom is 0.225 e. The molecule has 4 N–H and O–H groups in total. The van der Waals surface area contributed by atoms with E-state index in [1.807, 2.05) is 19.2 Å². The van der Waals surface area contributed by atoms with Crippen molar-refractivity contribution in [3.05, 3.63) is 23.7 Å². The molecule has 3 unspecified atom stereocenters. The van der Waals surface area contributed by atoms with Crippen molar-refractivity contribution in [2.24, 2.45) is 5.92 Å². The number of hydrogen-bond donors (Lipinski definition) is 4. The van der Waals surface area contributed by atoms with Crippen LogP contribution in [0.2, 0.25) is 0 Å². The van der Waals surface area contributed by atoms with Gasteiger partial charge in [-0.25, -0.2) is 18.4 Å². The van der Waals surface area contributed by atoms with Crippen molar-refractivity contribution >= 4 is 43.2 Å². The molecule has 2 fully saturated rings. The zero-order chi connectivity index (χ0) is 28.2. The fourth-order valence-corrected chi connectivity index (χ4v) is 7.37. The Morgan fingerprint density at radius 2 is 1.92 bits per heavy atom. The molecule has 39 heavy (non-hydrogen) atoms. The van der Waals surface area contributed by atoms with Gasteiger partial charge in [0.2, 0.25) is 5.95 Å². The normalized spacial score (nSPS) is 23.9. The molecule has 3 atom stereocenters. The van der Waals surface area contributed by atoms with Gasteiger partial charge in [0, 0.05) is 29.3 Å². The van der Waals surface area contributed by atoms with E-state index in [0.29, 0.717) is 40.4 Å². The number of hydrogen-bond acceptors (Lipinski definition) is 11. The van der Waals surface area contributed by atoms with Crippen LogP contribution in [0.1, 0.15) is 77.1 Å². The standard InChI is InChI=1S/C27H38N6O4S2/c1-6-26(4,5)33-25-29-15(3)19(24-30-21-18(38-24)11-13-28-20(21)16-8-9-16)23(31-25)32-27(35)12-10-17(22(27)34)14-39(36,37)7-2/h11,13,16-17,22,34-35H,6-10,12,14H2,1-5H3,(H2,29,31,32,33). The second-order valence-electron chi connectivity index (χ2n) is 11.5. The largest absolute Gasteiger partial charge is 0.388 e. The SMILES string of the molecule is CCC(C)(C)Nc1nc(C)c(-c2nc3c(C4CC4)nccc3s2)c(NC2(O)CCC(CS(=O)(=O)CC)C2O)n1. The highest BCUT2D eigenvalue weighted by Gasteiger charge is 2.48. The number of rotatable bonds is 10. The van der Waals surface area contributed by atoms with Gasteiger partial charge in [0.05, 0.1) is 27.4 Å². The smallest absolute Gasteiger partial charge is 0.225 e. The molecule has 2 aliphatic rings. The minimum Gasteiger partial charge on any atom is -0.388 e. The van der Waals surface area contributed by atoms with Crippen molar-refractivity contribution in [3.8, 4) is 10.6 Å². The first-order valence-electron chi connectivity index (χ1n) is 13.7. The predicted molar refractivity (Wildman–Crippen MR) is 155 cm³/mol. The van der Waals surface area contributed by atoms with E-state index >= 15 is 0 Å². The highest BCUT2D eigenvalue weighted by atomic mass is 32.2. The van der Waals surface area contributed by atoms with Gasteiger partial charge in [-0.3, -0.25) is 4.98 Å². The molecule has 0 radical (unpaired) electrons. The van der Waals surface area contributed by atoms with E-state index in [4.69, 9.17) is 15.0 Å². The molecule has 3 aromatic rings. The summed E-state index contributed by atoms with van der Waals surface area (Å²) in [6.45, 7) is 9.65. The molecule has 0 aliphatic heterocycles. The number of nitrogens with one attached hydrogen (secondary N) is 2. The van der Waals surface area contributed by atoms with Crippen LogP contribution in [0.15, 0.2) is 12.3 Å². The Balaban J connectivity index is 1.57. The molecule has 2 saturated carbocycles. The van der Waals surface area contributed by atoms with Crippen LogP contribution in [-0.2, 0) is 9.84 Å². The van der Waals surface area contributed by atoms with Crippen molar-refractivity contribution in [3.63, 3.8) is 0 Å². The Morgan fingerprint density at radius 3 is 2.59 bits per heavy atom. The van der Waals surface area contributed by atoms with Gasteiger partial charge in [-0.2, -0.15) is 4.98 Å². The minimum atomic E-state index is -3.32. The summed E-state index contributed by atoms with van der Waals surface area (Å²) in [7, 11) is -3.32. The van der Waals surface area contributed by atoms with E-state index in [1.54, 1.807) is 6.92 Å². The number of aromatic nitrogens is 4. The van der Waals surface area contributed by atoms with Gasteiger partial charge >= 0.3 is 0 Å². The summed E-state index contributed by atoms with van der Waals surface area (Å²) >= 11 is 1.52. The lowest BCUT2D eigenvalue weighted by molar-refractivity contribution is -0.0442. The van der Waals surface area contributed by atoms with E-state index in [0.717, 1.165) is 35.2 Å². The number of sulfone groups is 1. The van der Waals surface area contributed by atoms with Gasteiger partial charge in [0.1, 0.15) is 32.3 Å². The summed E-state index contributed by atoms with van der Waals surface area (Å²) in [5.74, 6) is 0.425. The Morgan fingerprint density at radius 1 is 1.18 bits per heavy atom. The van der Waals surface area contributed by atoms with Gasteiger partial charge in [0.25, 0.3) is 0 Å². The molecule has 3 aromatic heterocycles. The number of anilines is 2. The van der Waals surface area contributed by atoms with Crippen molar-refractivity contribution in [2.45, 2.75) is 90.0 Å². The van der Waals surface area contributed by atoms with Crippen LogP contribution in [0.4, 0.5) is 11.8 Å². The number of aliphatic hydroxyl groups excluding tert-OH is 1. The summed E-state index contributed by atoms with van der Waals surface area (Å²) in [5.41, 5.74) is 1.18. The fourth-order valence-electron chi connectivity index (χ4n) is 5.06. The molecule has 0 amide bonds. The predicted octanol–water partition coefficient (Wildman–Crippen LogP) is 4.24. The van der Waals surface area contributed by atoms with Crippen LogP contribution in [0, 0.1) is 12.8 Å². The second-order valence-corrected chi connectivity index (χ2v) is 15.0. The molecule has 2 aliphatic carbocycles. The topological polar surface area (TPSA) is 150 Å². The van der Waals surface area contributed by atoms with E-state index in [2.05, 4.69) is 36.4 Å². The van der Waals surface area contributed by atoms with Crippen LogP contribution in [0.25, 0.3) is 20.8 Å². The van der Waals surface area contributed by atoms with Gasteiger partial charge in [-0.05, 0) is 58.9 Å². The minimum absolute atomic E-state index is 0.00508. The molecular weight excluding hydrogens is 536 g/mol. The van der Waals surface area contributed by atoms with Crippen LogP contribution in [-0.4, -0.2) is 67.4 Å². The van der Waals surface area contributed by atoms with Gasteiger partial charge in [0.15, 0.2) is 5.72 Å². The van der Waals surface area contributed by atoms with E-state index < -0.39 is 27.6 Å². The molecule has 10 nitrogen and oxygen atoms in total. The van der Waals surface area contributed by atoms with E-state index in [-0.39, 0.29) is 23.5 Å². The fraction of sp³-hybridized carbons (Fsp3) is 0.630. The monoisotopic (exact) mass is 574 g/mol. The lowest BCUT2D eigenvalue weighted by Crippen LogP contribution is -2.48. The molecule has 212 valence electrons. The zero-order valence-electron chi connectivity index (χ0n) is 23.2. The highest BCUT2D eigenvalue weighted by molar-refractivity contribution is 7.91. The number of fused-ring (bicyclic) bond motifs is 1. The Bertz CT molecular complexity index is 1490. The van der Waals surface area contributed by atoms with E-state index in [1.165, 1.54) is 11.3 Å². The Hall–Kier alpha value is -2.41. The summed E-state index contributed by atoms with van der Waals surface area (Å²) < 4.78 is 25.6. The lowest BCUT2D eigenvalue weighted by Gasteiger charge is -2.32. The lowest BCUT2D eigenvalue weighted by atomic mass is 10.0. The van der Waals surface area contributed by atoms with Gasteiger partial charge < -0.3 is 20.8 Å². The van der Waals surface area contributed by atoms with E-state index in [9.17, 15) is 18.6 Å². The number of aryl methyl sites for hydroxylation is 1. The molecule has 0 spiro atoms. The van der Waals surface area contributed by atoms with Crippen molar-refractivity contribution in [1.82, 2.24) is 19.9 Å². The molecule has 0 aromatic carbocycles. The molecule has 0 saturated heterocycles. The quantitative estimate of drug-likeness (QED) is 0.259. The number of thiazole rings is 1. The molecule has 3 heterocycles.